The fraction of sp³-hybridized carbons (Fsp3) is 0.0833. The molecule has 0 saturated carbocycles. The van der Waals surface area contributed by atoms with Gasteiger partial charge in [-0.3, -0.25) is 4.79 Å². The van der Waals surface area contributed by atoms with E-state index in [0.29, 0.717) is 11.3 Å². The largest absolute Gasteiger partial charge is 0.493 e. The normalized spacial score (nSPS) is 11.2. The quantitative estimate of drug-likeness (QED) is 0.338. The lowest BCUT2D eigenvalue weighted by Gasteiger charge is -2.12. The smallest absolute Gasteiger partial charge is 0.387 e. The second-order valence-corrected chi connectivity index (χ2v) is 7.64. The number of carbonyl (C=O) groups excluding carboxylic acids is 1. The van der Waals surface area contributed by atoms with Crippen LogP contribution in [-0.2, 0) is 4.79 Å². The number of methoxy groups -OCH3 is 1. The van der Waals surface area contributed by atoms with Crippen molar-refractivity contribution in [2.24, 2.45) is 0 Å². The molecule has 162 valence electrons. The van der Waals surface area contributed by atoms with Gasteiger partial charge in [-0.15, -0.1) is 11.3 Å². The Labute approximate surface area is 186 Å². The Hall–Kier alpha value is -3.78. The van der Waals surface area contributed by atoms with E-state index in [1.807, 2.05) is 42.5 Å². The Bertz CT molecular complexity index is 1250. The van der Waals surface area contributed by atoms with Crippen molar-refractivity contribution < 1.29 is 23.0 Å². The van der Waals surface area contributed by atoms with Gasteiger partial charge in [-0.05, 0) is 36.4 Å². The van der Waals surface area contributed by atoms with Gasteiger partial charge in [-0.2, -0.15) is 8.78 Å². The third kappa shape index (κ3) is 4.76. The number of nitrogens with zero attached hydrogens (tertiary/aromatic N) is 1. The molecule has 32 heavy (non-hydrogen) atoms. The Kier molecular flexibility index (Phi) is 6.42. The molecular weight excluding hydrogens is 434 g/mol. The highest BCUT2D eigenvalue weighted by atomic mass is 32.1. The number of anilines is 1. The average molecular weight is 452 g/mol. The van der Waals surface area contributed by atoms with Crippen molar-refractivity contribution in [1.29, 1.82) is 0 Å². The highest BCUT2D eigenvalue weighted by Gasteiger charge is 2.15. The van der Waals surface area contributed by atoms with Crippen LogP contribution in [0.2, 0.25) is 0 Å². The highest BCUT2D eigenvalue weighted by molar-refractivity contribution is 7.21. The molecule has 3 aromatic carbocycles. The SMILES string of the molecule is COc1cccc(/C=C/C(=O)Nc2ccccc2-c2nc3ccccc3s2)c1OC(F)F. The summed E-state index contributed by atoms with van der Waals surface area (Å²) >= 11 is 1.53. The van der Waals surface area contributed by atoms with Crippen LogP contribution < -0.4 is 14.8 Å². The summed E-state index contributed by atoms with van der Waals surface area (Å²) in [6.45, 7) is -3.02. The number of nitrogens with one attached hydrogen (secondary N) is 1. The first-order valence-electron chi connectivity index (χ1n) is 9.61. The zero-order valence-electron chi connectivity index (χ0n) is 16.9. The van der Waals surface area contributed by atoms with Crippen molar-refractivity contribution in [1.82, 2.24) is 4.98 Å². The molecule has 4 aromatic rings. The summed E-state index contributed by atoms with van der Waals surface area (Å²) in [6.07, 6.45) is 2.65. The lowest BCUT2D eigenvalue weighted by atomic mass is 10.1. The van der Waals surface area contributed by atoms with Crippen molar-refractivity contribution in [3.63, 3.8) is 0 Å². The van der Waals surface area contributed by atoms with Crippen molar-refractivity contribution in [3.05, 3.63) is 78.4 Å². The average Bonchev–Trinajstić information content (AvgIpc) is 3.22. The van der Waals surface area contributed by atoms with Gasteiger partial charge in [-0.25, -0.2) is 4.98 Å². The summed E-state index contributed by atoms with van der Waals surface area (Å²) < 4.78 is 36.3. The number of fused-ring (bicyclic) bond motifs is 1. The fourth-order valence-corrected chi connectivity index (χ4v) is 4.15. The van der Waals surface area contributed by atoms with Crippen molar-refractivity contribution in [3.8, 4) is 22.1 Å². The van der Waals surface area contributed by atoms with Gasteiger partial charge in [0.2, 0.25) is 5.91 Å². The minimum absolute atomic E-state index is 0.135. The van der Waals surface area contributed by atoms with E-state index < -0.39 is 12.5 Å². The molecule has 0 aliphatic heterocycles. The van der Waals surface area contributed by atoms with Gasteiger partial charge in [0.15, 0.2) is 11.5 Å². The predicted molar refractivity (Wildman–Crippen MR) is 122 cm³/mol. The topological polar surface area (TPSA) is 60.5 Å². The third-order valence-electron chi connectivity index (χ3n) is 4.56. The summed E-state index contributed by atoms with van der Waals surface area (Å²) in [5.41, 5.74) is 2.56. The van der Waals surface area contributed by atoms with E-state index >= 15 is 0 Å². The van der Waals surface area contributed by atoms with Gasteiger partial charge in [0, 0.05) is 17.2 Å². The summed E-state index contributed by atoms with van der Waals surface area (Å²) in [4.78, 5) is 17.2. The number of rotatable bonds is 7. The Morgan fingerprint density at radius 1 is 1.06 bits per heavy atom. The van der Waals surface area contributed by atoms with E-state index in [1.54, 1.807) is 18.2 Å². The van der Waals surface area contributed by atoms with Gasteiger partial charge < -0.3 is 14.8 Å². The van der Waals surface area contributed by atoms with Gasteiger partial charge in [0.1, 0.15) is 5.01 Å². The van der Waals surface area contributed by atoms with Crippen LogP contribution in [0.4, 0.5) is 14.5 Å². The van der Waals surface area contributed by atoms with Crippen LogP contribution in [0.1, 0.15) is 5.56 Å². The molecule has 0 fully saturated rings. The summed E-state index contributed by atoms with van der Waals surface area (Å²) in [7, 11) is 1.35. The molecule has 1 heterocycles. The Morgan fingerprint density at radius 2 is 1.84 bits per heavy atom. The van der Waals surface area contributed by atoms with E-state index in [1.165, 1.54) is 36.7 Å². The van der Waals surface area contributed by atoms with Crippen LogP contribution >= 0.6 is 11.3 Å². The number of ether oxygens (including phenoxy) is 2. The number of halogens is 2. The van der Waals surface area contributed by atoms with Crippen LogP contribution in [-0.4, -0.2) is 24.6 Å². The molecule has 0 radical (unpaired) electrons. The van der Waals surface area contributed by atoms with Gasteiger partial charge in [0.25, 0.3) is 0 Å². The van der Waals surface area contributed by atoms with E-state index in [0.717, 1.165) is 20.8 Å². The molecule has 0 saturated heterocycles. The zero-order valence-corrected chi connectivity index (χ0v) is 17.7. The molecule has 0 aliphatic rings. The number of alkyl halides is 2. The molecule has 5 nitrogen and oxygen atoms in total. The molecular formula is C24H18F2N2O3S. The van der Waals surface area contributed by atoms with Crippen LogP contribution in [0.25, 0.3) is 26.9 Å². The standard InChI is InChI=1S/C24H18F2N2O3S/c1-30-19-11-6-7-15(22(19)31-24(25)26)13-14-21(29)27-17-9-3-2-8-16(17)23-28-18-10-4-5-12-20(18)32-23/h2-14,24H,1H3,(H,27,29)/b14-13+. The number of aromatic nitrogens is 1. The van der Waals surface area contributed by atoms with E-state index in [9.17, 15) is 13.6 Å². The third-order valence-corrected chi connectivity index (χ3v) is 5.63. The lowest BCUT2D eigenvalue weighted by Crippen LogP contribution is -2.09. The molecule has 4 rings (SSSR count). The molecule has 1 N–H and O–H groups in total. The minimum atomic E-state index is -3.02. The first kappa shape index (κ1) is 21.5. The number of amides is 1. The molecule has 1 amide bonds. The zero-order chi connectivity index (χ0) is 22.5. The molecule has 0 spiro atoms. The molecule has 0 aliphatic carbocycles. The van der Waals surface area contributed by atoms with Crippen LogP contribution in [0.5, 0.6) is 11.5 Å². The summed E-state index contributed by atoms with van der Waals surface area (Å²) in [6, 6.07) is 19.8. The number of carbonyl (C=O) groups is 1. The summed E-state index contributed by atoms with van der Waals surface area (Å²) in [5.74, 6) is -0.414. The fourth-order valence-electron chi connectivity index (χ4n) is 3.15. The van der Waals surface area contributed by atoms with Crippen LogP contribution in [0, 0.1) is 0 Å². The molecule has 0 bridgehead atoms. The van der Waals surface area contributed by atoms with Gasteiger partial charge in [0.05, 0.1) is 23.0 Å². The van der Waals surface area contributed by atoms with Crippen molar-refractivity contribution in [2.75, 3.05) is 12.4 Å². The van der Waals surface area contributed by atoms with Gasteiger partial charge >= 0.3 is 6.61 Å². The highest BCUT2D eigenvalue weighted by Crippen LogP contribution is 2.35. The van der Waals surface area contributed by atoms with Gasteiger partial charge in [-0.1, -0.05) is 36.4 Å². The number of benzene rings is 3. The minimum Gasteiger partial charge on any atom is -0.493 e. The van der Waals surface area contributed by atoms with Crippen molar-refractivity contribution in [2.45, 2.75) is 6.61 Å². The number of thiazole rings is 1. The monoisotopic (exact) mass is 452 g/mol. The molecule has 0 atom stereocenters. The van der Waals surface area contributed by atoms with Crippen LogP contribution in [0.3, 0.4) is 0 Å². The Morgan fingerprint density at radius 3 is 2.62 bits per heavy atom. The molecule has 1 aromatic heterocycles. The first-order valence-corrected chi connectivity index (χ1v) is 10.4. The maximum absolute atomic E-state index is 12.8. The molecule has 0 unspecified atom stereocenters. The van der Waals surface area contributed by atoms with Crippen molar-refractivity contribution >= 4 is 39.2 Å². The second kappa shape index (κ2) is 9.57. The maximum Gasteiger partial charge on any atom is 0.387 e. The Balaban J connectivity index is 1.58. The summed E-state index contributed by atoms with van der Waals surface area (Å²) in [5, 5.41) is 3.62. The number of hydrogen-bond donors (Lipinski definition) is 1. The lowest BCUT2D eigenvalue weighted by molar-refractivity contribution is -0.111. The van der Waals surface area contributed by atoms with E-state index in [4.69, 9.17) is 4.74 Å². The number of hydrogen-bond acceptors (Lipinski definition) is 5. The first-order chi connectivity index (χ1) is 15.5. The van der Waals surface area contributed by atoms with Crippen LogP contribution in [0.15, 0.2) is 72.8 Å². The molecule has 8 heteroatoms. The van der Waals surface area contributed by atoms with E-state index in [2.05, 4.69) is 15.0 Å². The van der Waals surface area contributed by atoms with E-state index in [-0.39, 0.29) is 11.5 Å². The predicted octanol–water partition coefficient (Wildman–Crippen LogP) is 6.23. The second-order valence-electron chi connectivity index (χ2n) is 6.61. The maximum atomic E-state index is 12.8. The number of para-hydroxylation sites is 3.